The van der Waals surface area contributed by atoms with Gasteiger partial charge in [0, 0.05) is 8.07 Å². The van der Waals surface area contributed by atoms with Crippen molar-refractivity contribution >= 4 is 40.0 Å². The maximum Gasteiger partial charge on any atom is 4.00 e. The zero-order valence-electron chi connectivity index (χ0n) is 23.6. The van der Waals surface area contributed by atoms with E-state index in [4.69, 9.17) is 0 Å². The Kier molecular flexibility index (Phi) is 9.08. The number of benzene rings is 2. The van der Waals surface area contributed by atoms with Crippen LogP contribution in [0.1, 0.15) is 63.8 Å². The average Bonchev–Trinajstić information content (AvgIpc) is 3.14. The van der Waals surface area contributed by atoms with Crippen molar-refractivity contribution in [3.63, 3.8) is 0 Å². The molecule has 0 fully saturated rings. The summed E-state index contributed by atoms with van der Waals surface area (Å²) in [5.41, 5.74) is 6.09. The second kappa shape index (κ2) is 10.0. The van der Waals surface area contributed by atoms with E-state index in [1.165, 1.54) is 43.8 Å². The fraction of sp³-hybridized carbons (Fsp3) is 0.375. The molecular formula is C32H44SiZr. The van der Waals surface area contributed by atoms with Gasteiger partial charge in [0.15, 0.2) is 0 Å². The van der Waals surface area contributed by atoms with Gasteiger partial charge < -0.3 is 14.9 Å². The summed E-state index contributed by atoms with van der Waals surface area (Å²) >= 11 is 0. The standard InChI is InChI=1S/C30H38Si.2CH3.Zr/c1-19-15-21-11-13-23(29(3,4)5)17-25(21)27(19)31(9,10)28-20(2)16-22-12-14-24(18-26(22)28)30(6,7)8;;;/h11-18H,1-10H3;2*1H3;/q-2;2*-1;+4. The molecule has 4 rings (SSSR count). The Morgan fingerprint density at radius 2 is 0.941 bits per heavy atom. The van der Waals surface area contributed by atoms with Gasteiger partial charge in [0.05, 0.1) is 0 Å². The molecule has 180 valence electrons. The summed E-state index contributed by atoms with van der Waals surface area (Å²) in [5, 5.41) is 8.97. The SMILES string of the molecule is Cc1[cH-]c2ccc(C(C)(C)C)cc2c1[Si](C)(C)c1c(C)[cH-]c2ccc(C(C)(C)C)cc12.[CH3-].[CH3-].[Zr+4]. The van der Waals surface area contributed by atoms with Gasteiger partial charge in [0.25, 0.3) is 0 Å². The molecule has 4 aromatic carbocycles. The summed E-state index contributed by atoms with van der Waals surface area (Å²) in [6, 6.07) is 19.1. The zero-order valence-corrected chi connectivity index (χ0v) is 27.1. The van der Waals surface area contributed by atoms with Crippen molar-refractivity contribution in [3.8, 4) is 0 Å². The van der Waals surface area contributed by atoms with Crippen LogP contribution in [0.3, 0.4) is 0 Å². The van der Waals surface area contributed by atoms with Gasteiger partial charge in [0.1, 0.15) is 0 Å². The van der Waals surface area contributed by atoms with Crippen LogP contribution in [-0.2, 0) is 37.0 Å². The van der Waals surface area contributed by atoms with E-state index in [0.29, 0.717) is 0 Å². The molecule has 0 aliphatic heterocycles. The van der Waals surface area contributed by atoms with Crippen LogP contribution in [0.15, 0.2) is 48.5 Å². The van der Waals surface area contributed by atoms with E-state index in [1.807, 2.05) is 0 Å². The van der Waals surface area contributed by atoms with Crippen LogP contribution < -0.4 is 10.4 Å². The second-order valence-corrected chi connectivity index (χ2v) is 16.4. The van der Waals surface area contributed by atoms with Gasteiger partial charge in [-0.1, -0.05) is 79.6 Å². The van der Waals surface area contributed by atoms with Crippen LogP contribution in [0.5, 0.6) is 0 Å². The zero-order chi connectivity index (χ0) is 22.9. The Balaban J connectivity index is 0.00000193. The quantitative estimate of drug-likeness (QED) is 0.175. The number of aryl methyl sites for hydroxylation is 2. The van der Waals surface area contributed by atoms with Crippen molar-refractivity contribution in [3.05, 3.63) is 85.6 Å². The van der Waals surface area contributed by atoms with E-state index < -0.39 is 8.07 Å². The first-order valence-electron chi connectivity index (χ1n) is 11.6. The molecule has 0 saturated carbocycles. The molecule has 0 spiro atoms. The van der Waals surface area contributed by atoms with Gasteiger partial charge in [-0.05, 0) is 10.8 Å². The van der Waals surface area contributed by atoms with Crippen molar-refractivity contribution in [2.75, 3.05) is 0 Å². The molecule has 0 aliphatic rings. The maximum atomic E-state index is 2.56. The molecular weight excluding hydrogens is 504 g/mol. The molecule has 0 heterocycles. The summed E-state index contributed by atoms with van der Waals surface area (Å²) in [4.78, 5) is 0. The molecule has 0 aliphatic carbocycles. The molecule has 0 radical (unpaired) electrons. The van der Waals surface area contributed by atoms with Gasteiger partial charge in [-0.25, -0.2) is 0 Å². The van der Waals surface area contributed by atoms with Crippen molar-refractivity contribution in [2.45, 2.75) is 79.3 Å². The smallest absolute Gasteiger partial charge is 0.358 e. The predicted molar refractivity (Wildman–Crippen MR) is 156 cm³/mol. The summed E-state index contributed by atoms with van der Waals surface area (Å²) in [5.74, 6) is 0. The third-order valence-corrected chi connectivity index (χ3v) is 11.0. The van der Waals surface area contributed by atoms with Gasteiger partial charge >= 0.3 is 26.2 Å². The molecule has 2 heteroatoms. The summed E-state index contributed by atoms with van der Waals surface area (Å²) in [6.45, 7) is 23.6. The first-order chi connectivity index (χ1) is 14.2. The second-order valence-electron chi connectivity index (χ2n) is 12.1. The minimum Gasteiger partial charge on any atom is -0.358 e. The Hall–Kier alpha value is -1.24. The molecule has 0 saturated heterocycles. The number of hydrogen-bond donors (Lipinski definition) is 0. The molecule has 0 N–H and O–H groups in total. The monoisotopic (exact) mass is 546 g/mol. The molecule has 4 aromatic rings. The number of rotatable bonds is 2. The Morgan fingerprint density at radius 1 is 0.618 bits per heavy atom. The van der Waals surface area contributed by atoms with Gasteiger partial charge in [-0.2, -0.15) is 10.4 Å². The minimum atomic E-state index is -1.93. The van der Waals surface area contributed by atoms with Crippen LogP contribution >= 0.6 is 0 Å². The predicted octanol–water partition coefficient (Wildman–Crippen LogP) is 8.36. The van der Waals surface area contributed by atoms with Crippen LogP contribution in [0, 0.1) is 28.7 Å². The van der Waals surface area contributed by atoms with Crippen molar-refractivity contribution < 1.29 is 26.2 Å². The topological polar surface area (TPSA) is 0 Å². The van der Waals surface area contributed by atoms with E-state index in [-0.39, 0.29) is 51.9 Å². The normalized spacial score (nSPS) is 12.3. The number of fused-ring (bicyclic) bond motifs is 2. The van der Waals surface area contributed by atoms with Crippen LogP contribution in [-0.4, -0.2) is 8.07 Å². The van der Waals surface area contributed by atoms with Crippen LogP contribution in [0.2, 0.25) is 13.1 Å². The van der Waals surface area contributed by atoms with E-state index in [0.717, 1.165) is 0 Å². The first-order valence-corrected chi connectivity index (χ1v) is 14.6. The summed E-state index contributed by atoms with van der Waals surface area (Å²) < 4.78 is 0. The van der Waals surface area contributed by atoms with Crippen molar-refractivity contribution in [1.29, 1.82) is 0 Å². The fourth-order valence-electron chi connectivity index (χ4n) is 5.55. The third-order valence-electron chi connectivity index (χ3n) is 7.16. The molecule has 0 bridgehead atoms. The van der Waals surface area contributed by atoms with E-state index in [1.54, 1.807) is 10.4 Å². The van der Waals surface area contributed by atoms with E-state index >= 15 is 0 Å². The van der Waals surface area contributed by atoms with Gasteiger partial charge in [-0.15, -0.1) is 81.2 Å². The molecule has 0 amide bonds. The Labute approximate surface area is 230 Å². The molecule has 0 atom stereocenters. The first kappa shape index (κ1) is 30.8. The van der Waals surface area contributed by atoms with Crippen molar-refractivity contribution in [1.82, 2.24) is 0 Å². The maximum absolute atomic E-state index is 2.56. The van der Waals surface area contributed by atoms with Gasteiger partial charge in [-0.3, -0.25) is 0 Å². The van der Waals surface area contributed by atoms with Gasteiger partial charge in [0.2, 0.25) is 0 Å². The summed E-state index contributed by atoms with van der Waals surface area (Å²) in [6.07, 6.45) is 0. The van der Waals surface area contributed by atoms with E-state index in [2.05, 4.69) is 117 Å². The Morgan fingerprint density at radius 3 is 1.24 bits per heavy atom. The fourth-order valence-corrected chi connectivity index (χ4v) is 9.70. The van der Waals surface area contributed by atoms with Crippen molar-refractivity contribution in [2.24, 2.45) is 0 Å². The van der Waals surface area contributed by atoms with Crippen LogP contribution in [0.25, 0.3) is 21.5 Å². The molecule has 0 nitrogen and oxygen atoms in total. The Bertz CT molecular complexity index is 1180. The number of hydrogen-bond acceptors (Lipinski definition) is 0. The molecule has 34 heavy (non-hydrogen) atoms. The van der Waals surface area contributed by atoms with Crippen LogP contribution in [0.4, 0.5) is 0 Å². The summed E-state index contributed by atoms with van der Waals surface area (Å²) in [7, 11) is -1.93. The molecule has 0 unspecified atom stereocenters. The van der Waals surface area contributed by atoms with E-state index in [9.17, 15) is 0 Å². The minimum absolute atomic E-state index is 0. The third kappa shape index (κ3) is 5.15. The largest absolute Gasteiger partial charge is 4.00 e. The molecule has 0 aromatic heterocycles. The average molecular weight is 548 g/mol.